The smallest absolute Gasteiger partial charge is 0.126 e. The van der Waals surface area contributed by atoms with Gasteiger partial charge in [0.05, 0.1) is 7.11 Å². The van der Waals surface area contributed by atoms with Gasteiger partial charge in [-0.3, -0.25) is 0 Å². The maximum Gasteiger partial charge on any atom is 0.126 e. The summed E-state index contributed by atoms with van der Waals surface area (Å²) in [4.78, 5) is 0. The van der Waals surface area contributed by atoms with Gasteiger partial charge in [0.1, 0.15) is 11.6 Å². The van der Waals surface area contributed by atoms with Crippen molar-refractivity contribution in [2.45, 2.75) is 12.8 Å². The lowest BCUT2D eigenvalue weighted by atomic mass is 9.93. The molecule has 0 amide bonds. The van der Waals surface area contributed by atoms with Crippen LogP contribution in [0.15, 0.2) is 48.5 Å². The molecule has 0 fully saturated rings. The van der Waals surface area contributed by atoms with Crippen LogP contribution >= 0.6 is 15.9 Å². The maximum absolute atomic E-state index is 13.7. The normalized spacial score (nSPS) is 12.2. The number of para-hydroxylation sites is 1. The highest BCUT2D eigenvalue weighted by molar-refractivity contribution is 9.09. The molecule has 0 aliphatic heterocycles. The van der Waals surface area contributed by atoms with Crippen molar-refractivity contribution in [3.63, 3.8) is 0 Å². The first-order valence-corrected chi connectivity index (χ1v) is 7.78. The lowest BCUT2D eigenvalue weighted by molar-refractivity contribution is 0.405. The van der Waals surface area contributed by atoms with Gasteiger partial charge in [0, 0.05) is 5.33 Å². The summed E-state index contributed by atoms with van der Waals surface area (Å²) in [6, 6.07) is 15.0. The number of alkyl halides is 1. The van der Waals surface area contributed by atoms with Gasteiger partial charge in [0.25, 0.3) is 0 Å². The molecule has 2 aromatic rings. The summed E-state index contributed by atoms with van der Waals surface area (Å²) < 4.78 is 19.1. The van der Waals surface area contributed by atoms with E-state index in [0.717, 1.165) is 35.0 Å². The maximum atomic E-state index is 13.7. The Hall–Kier alpha value is -1.35. The largest absolute Gasteiger partial charge is 0.496 e. The van der Waals surface area contributed by atoms with Crippen LogP contribution in [0.4, 0.5) is 4.39 Å². The summed E-state index contributed by atoms with van der Waals surface area (Å²) in [6.07, 6.45) is 1.58. The molecule has 1 atom stereocenters. The van der Waals surface area contributed by atoms with E-state index in [1.54, 1.807) is 13.2 Å². The number of ether oxygens (including phenoxy) is 1. The fourth-order valence-electron chi connectivity index (χ4n) is 2.34. The minimum absolute atomic E-state index is 0.126. The molecule has 106 valence electrons. The van der Waals surface area contributed by atoms with Crippen molar-refractivity contribution in [2.75, 3.05) is 12.4 Å². The number of hydrogen-bond acceptors (Lipinski definition) is 1. The predicted molar refractivity (Wildman–Crippen MR) is 84.1 cm³/mol. The Kier molecular flexibility index (Phi) is 5.60. The third kappa shape index (κ3) is 3.83. The number of hydrogen-bond donors (Lipinski definition) is 0. The Morgan fingerprint density at radius 2 is 1.60 bits per heavy atom. The molecule has 0 bridgehead atoms. The minimum atomic E-state index is -0.126. The van der Waals surface area contributed by atoms with E-state index in [9.17, 15) is 4.39 Å². The van der Waals surface area contributed by atoms with Crippen LogP contribution < -0.4 is 4.74 Å². The van der Waals surface area contributed by atoms with E-state index in [1.165, 1.54) is 6.07 Å². The molecular weight excluding hydrogens is 319 g/mol. The van der Waals surface area contributed by atoms with Gasteiger partial charge in [-0.05, 0) is 42.0 Å². The standard InChI is InChI=1S/C17H18BrFO/c1-20-17-9-5-3-7-15(17)11-13(12-18)10-14-6-2-4-8-16(14)19/h2-9,13H,10-12H2,1H3. The van der Waals surface area contributed by atoms with E-state index in [1.807, 2.05) is 30.3 Å². The zero-order valence-corrected chi connectivity index (χ0v) is 13.1. The Bertz CT molecular complexity index is 556. The molecule has 0 saturated carbocycles. The summed E-state index contributed by atoms with van der Waals surface area (Å²) in [6.45, 7) is 0. The highest BCUT2D eigenvalue weighted by Crippen LogP contribution is 2.24. The quantitative estimate of drug-likeness (QED) is 0.699. The van der Waals surface area contributed by atoms with E-state index in [-0.39, 0.29) is 5.82 Å². The van der Waals surface area contributed by atoms with Gasteiger partial charge in [-0.15, -0.1) is 0 Å². The van der Waals surface area contributed by atoms with Gasteiger partial charge in [0.2, 0.25) is 0 Å². The Morgan fingerprint density at radius 3 is 2.25 bits per heavy atom. The minimum Gasteiger partial charge on any atom is -0.496 e. The van der Waals surface area contributed by atoms with E-state index in [4.69, 9.17) is 4.74 Å². The van der Waals surface area contributed by atoms with Crippen LogP contribution in [-0.2, 0) is 12.8 Å². The van der Waals surface area contributed by atoms with Gasteiger partial charge < -0.3 is 4.74 Å². The second-order valence-corrected chi connectivity index (χ2v) is 5.48. The van der Waals surface area contributed by atoms with Gasteiger partial charge in [-0.1, -0.05) is 52.3 Å². The molecule has 3 heteroatoms. The van der Waals surface area contributed by atoms with Crippen molar-refractivity contribution < 1.29 is 9.13 Å². The molecular formula is C17H18BrFO. The van der Waals surface area contributed by atoms with Crippen LogP contribution in [0.3, 0.4) is 0 Å². The van der Waals surface area contributed by atoms with Crippen LogP contribution in [0.25, 0.3) is 0 Å². The molecule has 20 heavy (non-hydrogen) atoms. The molecule has 0 aliphatic carbocycles. The molecule has 0 aromatic heterocycles. The first-order valence-electron chi connectivity index (χ1n) is 6.66. The summed E-state index contributed by atoms with van der Waals surface area (Å²) in [7, 11) is 1.68. The molecule has 0 radical (unpaired) electrons. The van der Waals surface area contributed by atoms with Gasteiger partial charge in [0.15, 0.2) is 0 Å². The SMILES string of the molecule is COc1ccccc1CC(CBr)Cc1ccccc1F. The van der Waals surface area contributed by atoms with Crippen LogP contribution in [0, 0.1) is 11.7 Å². The molecule has 1 unspecified atom stereocenters. The van der Waals surface area contributed by atoms with E-state index >= 15 is 0 Å². The molecule has 1 nitrogen and oxygen atoms in total. The Balaban J connectivity index is 2.11. The topological polar surface area (TPSA) is 9.23 Å². The van der Waals surface area contributed by atoms with Gasteiger partial charge >= 0.3 is 0 Å². The number of methoxy groups -OCH3 is 1. The van der Waals surface area contributed by atoms with Crippen LogP contribution in [0.5, 0.6) is 5.75 Å². The Labute approximate surface area is 127 Å². The summed E-state index contributed by atoms with van der Waals surface area (Å²) >= 11 is 3.54. The van der Waals surface area contributed by atoms with Crippen molar-refractivity contribution in [2.24, 2.45) is 5.92 Å². The fraction of sp³-hybridized carbons (Fsp3) is 0.294. The van der Waals surface area contributed by atoms with Gasteiger partial charge in [-0.2, -0.15) is 0 Å². The zero-order chi connectivity index (χ0) is 14.4. The lowest BCUT2D eigenvalue weighted by Gasteiger charge is -2.16. The third-order valence-electron chi connectivity index (χ3n) is 3.39. The fourth-order valence-corrected chi connectivity index (χ4v) is 2.80. The van der Waals surface area contributed by atoms with Crippen molar-refractivity contribution in [3.05, 3.63) is 65.5 Å². The molecule has 0 spiro atoms. The molecule has 0 saturated heterocycles. The highest BCUT2D eigenvalue weighted by Gasteiger charge is 2.14. The average molecular weight is 337 g/mol. The van der Waals surface area contributed by atoms with Crippen LogP contribution in [0.2, 0.25) is 0 Å². The predicted octanol–water partition coefficient (Wildman–Crippen LogP) is 4.63. The van der Waals surface area contributed by atoms with Crippen molar-refractivity contribution in [3.8, 4) is 5.75 Å². The summed E-state index contributed by atoms with van der Waals surface area (Å²) in [5.41, 5.74) is 1.93. The van der Waals surface area contributed by atoms with Crippen molar-refractivity contribution >= 4 is 15.9 Å². The van der Waals surface area contributed by atoms with Gasteiger partial charge in [-0.25, -0.2) is 4.39 Å². The monoisotopic (exact) mass is 336 g/mol. The Morgan fingerprint density at radius 1 is 1.00 bits per heavy atom. The van der Waals surface area contributed by atoms with E-state index < -0.39 is 0 Å². The molecule has 2 rings (SSSR count). The highest BCUT2D eigenvalue weighted by atomic mass is 79.9. The zero-order valence-electron chi connectivity index (χ0n) is 11.5. The van der Waals surface area contributed by atoms with Crippen molar-refractivity contribution in [1.82, 2.24) is 0 Å². The van der Waals surface area contributed by atoms with E-state index in [2.05, 4.69) is 22.0 Å². The number of halogens is 2. The van der Waals surface area contributed by atoms with Crippen molar-refractivity contribution in [1.29, 1.82) is 0 Å². The average Bonchev–Trinajstić information content (AvgIpc) is 2.49. The van der Waals surface area contributed by atoms with E-state index in [0.29, 0.717) is 5.92 Å². The molecule has 0 heterocycles. The summed E-state index contributed by atoms with van der Waals surface area (Å²) in [5.74, 6) is 1.11. The lowest BCUT2D eigenvalue weighted by Crippen LogP contribution is -2.11. The summed E-state index contributed by atoms with van der Waals surface area (Å²) in [5, 5.41) is 0.833. The van der Waals surface area contributed by atoms with Crippen LogP contribution in [0.1, 0.15) is 11.1 Å². The molecule has 0 N–H and O–H groups in total. The van der Waals surface area contributed by atoms with Crippen LogP contribution in [-0.4, -0.2) is 12.4 Å². The third-order valence-corrected chi connectivity index (χ3v) is 4.30. The number of benzene rings is 2. The first kappa shape index (κ1) is 15.0. The molecule has 0 aliphatic rings. The second kappa shape index (κ2) is 7.44. The first-order chi connectivity index (χ1) is 9.74. The molecule has 2 aromatic carbocycles. The second-order valence-electron chi connectivity index (χ2n) is 4.83. The number of rotatable bonds is 6.